The summed E-state index contributed by atoms with van der Waals surface area (Å²) in [5.41, 5.74) is 0.935. The van der Waals surface area contributed by atoms with Gasteiger partial charge in [0, 0.05) is 37.1 Å². The number of piperidine rings is 1. The van der Waals surface area contributed by atoms with Crippen molar-refractivity contribution in [1.29, 1.82) is 0 Å². The summed E-state index contributed by atoms with van der Waals surface area (Å²) in [6.07, 6.45) is 8.93. The summed E-state index contributed by atoms with van der Waals surface area (Å²) in [6, 6.07) is 5.74. The van der Waals surface area contributed by atoms with Crippen LogP contribution in [-0.2, 0) is 4.79 Å². The highest BCUT2D eigenvalue weighted by atomic mass is 32.2. The third-order valence-electron chi connectivity index (χ3n) is 3.88. The number of carbonyl (C=O) groups is 1. The second-order valence-corrected chi connectivity index (χ2v) is 7.36. The molecule has 2 aromatic rings. The van der Waals surface area contributed by atoms with Crippen LogP contribution in [0.2, 0.25) is 0 Å². The average molecular weight is 361 g/mol. The summed E-state index contributed by atoms with van der Waals surface area (Å²) < 4.78 is 0. The number of hydrogen-bond acceptors (Lipinski definition) is 6. The normalized spacial score (nSPS) is 14.6. The highest BCUT2D eigenvalue weighted by Crippen LogP contribution is 2.25. The Bertz CT molecular complexity index is 690. The summed E-state index contributed by atoms with van der Waals surface area (Å²) in [5, 5.41) is 1.75. The van der Waals surface area contributed by atoms with Crippen molar-refractivity contribution in [1.82, 2.24) is 19.9 Å². The molecule has 3 heterocycles. The summed E-state index contributed by atoms with van der Waals surface area (Å²) in [5.74, 6) is 1.31. The van der Waals surface area contributed by atoms with Crippen molar-refractivity contribution in [3.8, 4) is 11.4 Å². The molecule has 2 aromatic heterocycles. The van der Waals surface area contributed by atoms with Crippen molar-refractivity contribution in [3.05, 3.63) is 30.6 Å². The molecule has 0 unspecified atom stereocenters. The molecule has 0 saturated carbocycles. The van der Waals surface area contributed by atoms with Gasteiger partial charge in [0.1, 0.15) is 10.1 Å². The molecule has 7 heteroatoms. The molecule has 24 heavy (non-hydrogen) atoms. The number of amides is 1. The molecule has 1 aliphatic heterocycles. The van der Waals surface area contributed by atoms with Gasteiger partial charge in [0.15, 0.2) is 5.82 Å². The van der Waals surface area contributed by atoms with Gasteiger partial charge < -0.3 is 4.90 Å². The number of hydrogen-bond donors (Lipinski definition) is 0. The molecule has 1 fully saturated rings. The van der Waals surface area contributed by atoms with Crippen LogP contribution < -0.4 is 0 Å². The number of likely N-dealkylation sites (tertiary alicyclic amines) is 1. The van der Waals surface area contributed by atoms with E-state index >= 15 is 0 Å². The molecule has 1 amide bonds. The predicted octanol–water partition coefficient (Wildman–Crippen LogP) is 3.37. The zero-order valence-corrected chi connectivity index (χ0v) is 15.3. The minimum absolute atomic E-state index is 0.203. The maximum atomic E-state index is 12.3. The molecule has 126 valence electrons. The Kier molecular flexibility index (Phi) is 6.09. The van der Waals surface area contributed by atoms with Crippen LogP contribution in [0, 0.1) is 0 Å². The molecule has 0 radical (unpaired) electrons. The van der Waals surface area contributed by atoms with E-state index in [1.807, 2.05) is 29.4 Å². The molecule has 0 spiro atoms. The van der Waals surface area contributed by atoms with E-state index in [4.69, 9.17) is 0 Å². The minimum Gasteiger partial charge on any atom is -0.342 e. The SMILES string of the molecule is CSc1cc(SCC(=O)N2CCCCC2)nc(-c2ccncc2)n1. The highest BCUT2D eigenvalue weighted by Gasteiger charge is 2.17. The fourth-order valence-corrected chi connectivity index (χ4v) is 3.86. The highest BCUT2D eigenvalue weighted by molar-refractivity contribution is 8.00. The fraction of sp³-hybridized carbons (Fsp3) is 0.412. The maximum Gasteiger partial charge on any atom is 0.232 e. The number of carbonyl (C=O) groups excluding carboxylic acids is 1. The molecule has 1 aliphatic rings. The molecule has 0 aromatic carbocycles. The van der Waals surface area contributed by atoms with E-state index in [0.717, 1.165) is 41.5 Å². The van der Waals surface area contributed by atoms with Gasteiger partial charge in [-0.3, -0.25) is 9.78 Å². The van der Waals surface area contributed by atoms with Gasteiger partial charge in [-0.1, -0.05) is 11.8 Å². The third kappa shape index (κ3) is 4.48. The van der Waals surface area contributed by atoms with E-state index in [9.17, 15) is 4.79 Å². The van der Waals surface area contributed by atoms with E-state index in [2.05, 4.69) is 15.0 Å². The van der Waals surface area contributed by atoms with Crippen molar-refractivity contribution < 1.29 is 4.79 Å². The Labute approximate surface area is 150 Å². The van der Waals surface area contributed by atoms with Crippen LogP contribution >= 0.6 is 23.5 Å². The van der Waals surface area contributed by atoms with Crippen LogP contribution in [0.4, 0.5) is 0 Å². The largest absolute Gasteiger partial charge is 0.342 e. The Morgan fingerprint density at radius 1 is 1.12 bits per heavy atom. The van der Waals surface area contributed by atoms with Crippen LogP contribution in [0.3, 0.4) is 0 Å². The summed E-state index contributed by atoms with van der Waals surface area (Å²) in [4.78, 5) is 27.5. The van der Waals surface area contributed by atoms with Gasteiger partial charge in [-0.05, 0) is 37.7 Å². The fourth-order valence-electron chi connectivity index (χ4n) is 2.58. The van der Waals surface area contributed by atoms with E-state index in [0.29, 0.717) is 11.6 Å². The molecule has 0 N–H and O–H groups in total. The van der Waals surface area contributed by atoms with Crippen LogP contribution in [0.25, 0.3) is 11.4 Å². The summed E-state index contributed by atoms with van der Waals surface area (Å²) >= 11 is 3.07. The molecular weight excluding hydrogens is 340 g/mol. The van der Waals surface area contributed by atoms with Crippen molar-refractivity contribution in [2.45, 2.75) is 29.3 Å². The van der Waals surface area contributed by atoms with Crippen LogP contribution in [0.1, 0.15) is 19.3 Å². The first-order chi connectivity index (χ1) is 11.8. The molecule has 1 saturated heterocycles. The number of pyridine rings is 1. The van der Waals surface area contributed by atoms with Gasteiger partial charge in [-0.15, -0.1) is 11.8 Å². The molecule has 0 aliphatic carbocycles. The third-order valence-corrected chi connectivity index (χ3v) is 5.40. The first kappa shape index (κ1) is 17.2. The van der Waals surface area contributed by atoms with Gasteiger partial charge in [-0.25, -0.2) is 9.97 Å². The van der Waals surface area contributed by atoms with Crippen LogP contribution in [0.15, 0.2) is 40.6 Å². The van der Waals surface area contributed by atoms with E-state index in [1.54, 1.807) is 24.2 Å². The van der Waals surface area contributed by atoms with Crippen LogP contribution in [-0.4, -0.2) is 50.9 Å². The van der Waals surface area contributed by atoms with Crippen molar-refractivity contribution in [2.24, 2.45) is 0 Å². The summed E-state index contributed by atoms with van der Waals surface area (Å²) in [6.45, 7) is 1.78. The second kappa shape index (κ2) is 8.48. The average Bonchev–Trinajstić information content (AvgIpc) is 2.67. The Morgan fingerprint density at radius 3 is 2.54 bits per heavy atom. The molecule has 3 rings (SSSR count). The van der Waals surface area contributed by atoms with Gasteiger partial charge in [0.25, 0.3) is 0 Å². The Hall–Kier alpha value is -1.60. The molecular formula is C17H20N4OS2. The van der Waals surface area contributed by atoms with E-state index in [1.165, 1.54) is 18.2 Å². The monoisotopic (exact) mass is 360 g/mol. The Morgan fingerprint density at radius 2 is 1.83 bits per heavy atom. The second-order valence-electron chi connectivity index (χ2n) is 5.54. The number of nitrogens with zero attached hydrogens (tertiary/aromatic N) is 4. The molecule has 0 bridgehead atoms. The van der Waals surface area contributed by atoms with Gasteiger partial charge in [-0.2, -0.15) is 0 Å². The lowest BCUT2D eigenvalue weighted by atomic mass is 10.1. The quantitative estimate of drug-likeness (QED) is 0.602. The van der Waals surface area contributed by atoms with Gasteiger partial charge in [0.05, 0.1) is 5.75 Å². The lowest BCUT2D eigenvalue weighted by molar-refractivity contribution is -0.129. The zero-order valence-electron chi connectivity index (χ0n) is 13.6. The van der Waals surface area contributed by atoms with E-state index < -0.39 is 0 Å². The zero-order chi connectivity index (χ0) is 16.8. The summed E-state index contributed by atoms with van der Waals surface area (Å²) in [7, 11) is 0. The van der Waals surface area contributed by atoms with Gasteiger partial charge in [0.2, 0.25) is 5.91 Å². The smallest absolute Gasteiger partial charge is 0.232 e. The number of aromatic nitrogens is 3. The standard InChI is InChI=1S/C17H20N4OS2/c1-23-14-11-15(20-17(19-14)13-5-7-18-8-6-13)24-12-16(22)21-9-3-2-4-10-21/h5-8,11H,2-4,9-10,12H2,1H3. The lowest BCUT2D eigenvalue weighted by Gasteiger charge is -2.26. The lowest BCUT2D eigenvalue weighted by Crippen LogP contribution is -2.36. The van der Waals surface area contributed by atoms with Gasteiger partial charge >= 0.3 is 0 Å². The first-order valence-corrected chi connectivity index (χ1v) is 10.2. The molecule has 0 atom stereocenters. The number of rotatable bonds is 5. The number of thioether (sulfide) groups is 2. The van der Waals surface area contributed by atoms with E-state index in [-0.39, 0.29) is 5.91 Å². The topological polar surface area (TPSA) is 59.0 Å². The molecule has 5 nitrogen and oxygen atoms in total. The minimum atomic E-state index is 0.203. The maximum absolute atomic E-state index is 12.3. The first-order valence-electron chi connectivity index (χ1n) is 8.00. The van der Waals surface area contributed by atoms with Crippen molar-refractivity contribution in [3.63, 3.8) is 0 Å². The van der Waals surface area contributed by atoms with Crippen molar-refractivity contribution >= 4 is 29.4 Å². The van der Waals surface area contributed by atoms with Crippen LogP contribution in [0.5, 0.6) is 0 Å². The predicted molar refractivity (Wildman–Crippen MR) is 98.2 cm³/mol. The van der Waals surface area contributed by atoms with Crippen molar-refractivity contribution in [2.75, 3.05) is 25.1 Å². The Balaban J connectivity index is 1.72.